The number of nitrogens with one attached hydrogen (secondary N) is 1. The first kappa shape index (κ1) is 15.9. The van der Waals surface area contributed by atoms with E-state index in [-0.39, 0.29) is 17.6 Å². The van der Waals surface area contributed by atoms with Crippen LogP contribution in [-0.2, 0) is 0 Å². The van der Waals surface area contributed by atoms with Crippen molar-refractivity contribution in [1.29, 1.82) is 0 Å². The number of hydrogen-bond donors (Lipinski definition) is 1. The lowest BCUT2D eigenvalue weighted by molar-refractivity contribution is 0.382. The van der Waals surface area contributed by atoms with Crippen molar-refractivity contribution in [3.05, 3.63) is 59.4 Å². The van der Waals surface area contributed by atoms with Crippen molar-refractivity contribution in [3.63, 3.8) is 0 Å². The third kappa shape index (κ3) is 3.57. The molecule has 0 aliphatic rings. The van der Waals surface area contributed by atoms with Crippen molar-refractivity contribution in [2.24, 2.45) is 0 Å². The Hall–Kier alpha value is -1.52. The molecule has 0 saturated heterocycles. The summed E-state index contributed by atoms with van der Waals surface area (Å²) < 4.78 is 19.5. The Morgan fingerprint density at radius 1 is 1.19 bits per heavy atom. The Balaban J connectivity index is 2.35. The van der Waals surface area contributed by atoms with Crippen LogP contribution < -0.4 is 10.1 Å². The lowest BCUT2D eigenvalue weighted by Gasteiger charge is -2.19. The maximum absolute atomic E-state index is 14.4. The Kier molecular flexibility index (Phi) is 5.65. The van der Waals surface area contributed by atoms with E-state index in [1.807, 2.05) is 25.2 Å². The highest BCUT2D eigenvalue weighted by Gasteiger charge is 2.18. The van der Waals surface area contributed by atoms with Crippen LogP contribution in [0.1, 0.15) is 24.1 Å². The molecule has 2 rings (SSSR count). The highest BCUT2D eigenvalue weighted by Crippen LogP contribution is 2.30. The zero-order chi connectivity index (χ0) is 15.2. The van der Waals surface area contributed by atoms with E-state index in [0.717, 1.165) is 11.3 Å². The molecule has 1 atom stereocenters. The van der Waals surface area contributed by atoms with Gasteiger partial charge in [-0.3, -0.25) is 0 Å². The van der Waals surface area contributed by atoms with Gasteiger partial charge in [-0.1, -0.05) is 31.2 Å². The van der Waals surface area contributed by atoms with Crippen LogP contribution in [0.3, 0.4) is 0 Å². The monoisotopic (exact) mass is 305 g/mol. The van der Waals surface area contributed by atoms with E-state index in [9.17, 15) is 4.39 Å². The van der Waals surface area contributed by atoms with Gasteiger partial charge in [-0.05, 0) is 36.6 Å². The molecule has 0 aliphatic heterocycles. The number of thioether (sulfide) groups is 1. The molecule has 0 bridgehead atoms. The van der Waals surface area contributed by atoms with Crippen LogP contribution in [0.15, 0.2) is 47.4 Å². The quantitative estimate of drug-likeness (QED) is 0.806. The van der Waals surface area contributed by atoms with Crippen molar-refractivity contribution in [3.8, 4) is 5.75 Å². The predicted molar refractivity (Wildman–Crippen MR) is 86.7 cm³/mol. The van der Waals surface area contributed by atoms with E-state index in [0.29, 0.717) is 5.56 Å². The van der Waals surface area contributed by atoms with Gasteiger partial charge in [0.25, 0.3) is 0 Å². The second kappa shape index (κ2) is 7.48. The van der Waals surface area contributed by atoms with Crippen LogP contribution in [0.25, 0.3) is 0 Å². The minimum Gasteiger partial charge on any atom is -0.494 e. The molecule has 2 aromatic carbocycles. The van der Waals surface area contributed by atoms with Gasteiger partial charge in [0, 0.05) is 10.5 Å². The second-order valence-corrected chi connectivity index (χ2v) is 5.92. The van der Waals surface area contributed by atoms with Gasteiger partial charge in [0.15, 0.2) is 11.6 Å². The third-order valence-corrected chi connectivity index (χ3v) is 4.23. The van der Waals surface area contributed by atoms with Gasteiger partial charge in [-0.2, -0.15) is 0 Å². The summed E-state index contributed by atoms with van der Waals surface area (Å²) in [6.45, 7) is 2.13. The molecule has 0 saturated carbocycles. The molecule has 2 aromatic rings. The molecule has 112 valence electrons. The van der Waals surface area contributed by atoms with Crippen molar-refractivity contribution in [2.45, 2.75) is 17.9 Å². The Labute approximate surface area is 129 Å². The van der Waals surface area contributed by atoms with Crippen molar-refractivity contribution in [2.75, 3.05) is 19.9 Å². The topological polar surface area (TPSA) is 21.3 Å². The van der Waals surface area contributed by atoms with Gasteiger partial charge in [0.2, 0.25) is 0 Å². The van der Waals surface area contributed by atoms with Gasteiger partial charge < -0.3 is 10.1 Å². The van der Waals surface area contributed by atoms with Crippen LogP contribution in [0, 0.1) is 5.82 Å². The summed E-state index contributed by atoms with van der Waals surface area (Å²) >= 11 is 1.79. The summed E-state index contributed by atoms with van der Waals surface area (Å²) in [5, 5.41) is 3.18. The fourth-order valence-electron chi connectivity index (χ4n) is 2.33. The molecule has 1 N–H and O–H groups in total. The highest BCUT2D eigenvalue weighted by atomic mass is 32.2. The molecule has 0 amide bonds. The largest absolute Gasteiger partial charge is 0.494 e. The Morgan fingerprint density at radius 2 is 1.90 bits per heavy atom. The Morgan fingerprint density at radius 3 is 2.48 bits per heavy atom. The summed E-state index contributed by atoms with van der Waals surface area (Å²) in [6.07, 6.45) is 0. The maximum Gasteiger partial charge on any atom is 0.170 e. The van der Waals surface area contributed by atoms with E-state index < -0.39 is 0 Å². The molecule has 21 heavy (non-hydrogen) atoms. The lowest BCUT2D eigenvalue weighted by atomic mass is 9.98. The standard InChI is InChI=1S/C17H20FNOS/c1-4-21-13-10-8-12(9-11-13)17(19-2)14-6-5-7-15(20-3)16(14)18/h5-11,17,19H,4H2,1-3H3. The van der Waals surface area contributed by atoms with Gasteiger partial charge in [0.1, 0.15) is 0 Å². The molecule has 1 unspecified atom stereocenters. The first-order chi connectivity index (χ1) is 10.2. The molecule has 0 aromatic heterocycles. The molecule has 0 heterocycles. The third-order valence-electron chi connectivity index (χ3n) is 3.34. The number of methoxy groups -OCH3 is 1. The molecular weight excluding hydrogens is 285 g/mol. The highest BCUT2D eigenvalue weighted by molar-refractivity contribution is 7.99. The Bertz CT molecular complexity index is 586. The average molecular weight is 305 g/mol. The molecule has 4 heteroatoms. The second-order valence-electron chi connectivity index (χ2n) is 4.59. The maximum atomic E-state index is 14.4. The number of halogens is 1. The molecule has 2 nitrogen and oxygen atoms in total. The summed E-state index contributed by atoms with van der Waals surface area (Å²) in [7, 11) is 3.31. The van der Waals surface area contributed by atoms with Gasteiger partial charge >= 0.3 is 0 Å². The molecular formula is C17H20FNOS. The van der Waals surface area contributed by atoms with E-state index >= 15 is 0 Å². The minimum absolute atomic E-state index is 0.194. The van der Waals surface area contributed by atoms with E-state index in [4.69, 9.17) is 4.74 Å². The lowest BCUT2D eigenvalue weighted by Crippen LogP contribution is -2.19. The summed E-state index contributed by atoms with van der Waals surface area (Å²) in [4.78, 5) is 1.22. The van der Waals surface area contributed by atoms with E-state index in [1.54, 1.807) is 23.9 Å². The van der Waals surface area contributed by atoms with Crippen LogP contribution in [0.5, 0.6) is 5.75 Å². The summed E-state index contributed by atoms with van der Waals surface area (Å²) in [5.41, 5.74) is 1.62. The number of benzene rings is 2. The van der Waals surface area contributed by atoms with E-state index in [2.05, 4.69) is 24.4 Å². The molecule has 0 aliphatic carbocycles. The van der Waals surface area contributed by atoms with Gasteiger partial charge in [0.05, 0.1) is 13.2 Å². The van der Waals surface area contributed by atoms with Gasteiger partial charge in [-0.25, -0.2) is 4.39 Å². The molecule has 0 fully saturated rings. The number of ether oxygens (including phenoxy) is 1. The summed E-state index contributed by atoms with van der Waals surface area (Å²) in [6, 6.07) is 13.3. The van der Waals surface area contributed by atoms with Crippen LogP contribution in [0.2, 0.25) is 0 Å². The molecule has 0 radical (unpaired) electrons. The summed E-state index contributed by atoms with van der Waals surface area (Å²) in [5.74, 6) is 0.997. The van der Waals surface area contributed by atoms with Crippen molar-refractivity contribution < 1.29 is 9.13 Å². The van der Waals surface area contributed by atoms with E-state index in [1.165, 1.54) is 12.0 Å². The molecule has 0 spiro atoms. The van der Waals surface area contributed by atoms with Crippen LogP contribution in [-0.4, -0.2) is 19.9 Å². The normalized spacial score (nSPS) is 12.2. The first-order valence-electron chi connectivity index (χ1n) is 6.93. The fourth-order valence-corrected chi connectivity index (χ4v) is 3.00. The fraction of sp³-hybridized carbons (Fsp3) is 0.294. The number of hydrogen-bond acceptors (Lipinski definition) is 3. The van der Waals surface area contributed by atoms with Crippen molar-refractivity contribution in [1.82, 2.24) is 5.32 Å². The van der Waals surface area contributed by atoms with Crippen LogP contribution in [0.4, 0.5) is 4.39 Å². The van der Waals surface area contributed by atoms with Crippen molar-refractivity contribution >= 4 is 11.8 Å². The minimum atomic E-state index is -0.314. The van der Waals surface area contributed by atoms with Crippen LogP contribution >= 0.6 is 11.8 Å². The van der Waals surface area contributed by atoms with Gasteiger partial charge in [-0.15, -0.1) is 11.8 Å². The zero-order valence-electron chi connectivity index (χ0n) is 12.5. The SMILES string of the molecule is CCSc1ccc(C(NC)c2cccc(OC)c2F)cc1. The first-order valence-corrected chi connectivity index (χ1v) is 7.92. The number of rotatable bonds is 6. The zero-order valence-corrected chi connectivity index (χ0v) is 13.3. The smallest absolute Gasteiger partial charge is 0.170 e. The average Bonchev–Trinajstić information content (AvgIpc) is 2.51. The predicted octanol–water partition coefficient (Wildman–Crippen LogP) is 4.26.